The molecule has 7 nitrogen and oxygen atoms in total. The maximum absolute atomic E-state index is 13.8. The number of carbonyl (C=O) groups excluding carboxylic acids is 2. The summed E-state index contributed by atoms with van der Waals surface area (Å²) in [5, 5.41) is 1.14. The highest BCUT2D eigenvalue weighted by Gasteiger charge is 2.22. The summed E-state index contributed by atoms with van der Waals surface area (Å²) in [6, 6.07) is 25.1. The lowest BCUT2D eigenvalue weighted by Crippen LogP contribution is -2.13. The van der Waals surface area contributed by atoms with Crippen LogP contribution in [0.3, 0.4) is 0 Å². The summed E-state index contributed by atoms with van der Waals surface area (Å²) in [4.78, 5) is 31.2. The average Bonchev–Trinajstić information content (AvgIpc) is 2.92. The third-order valence-corrected chi connectivity index (χ3v) is 6.94. The maximum Gasteiger partial charge on any atom is 0.344 e. The molecule has 5 rings (SSSR count). The highest BCUT2D eigenvalue weighted by molar-refractivity contribution is 7.57. The first-order valence-corrected chi connectivity index (χ1v) is 15.2. The molecular weight excluding hydrogens is 525 g/mol. The minimum atomic E-state index is -2.83. The molecule has 0 unspecified atom stereocenters. The number of rotatable bonds is 7. The second kappa shape index (κ2) is 10.9. The van der Waals surface area contributed by atoms with E-state index in [-0.39, 0.29) is 6.61 Å². The largest absolute Gasteiger partial charge is 0.457 e. The minimum absolute atomic E-state index is 0.161. The smallest absolute Gasteiger partial charge is 0.344 e. The van der Waals surface area contributed by atoms with Gasteiger partial charge in [-0.1, -0.05) is 48.5 Å². The Morgan fingerprint density at radius 1 is 0.775 bits per heavy atom. The van der Waals surface area contributed by atoms with Crippen LogP contribution in [-0.4, -0.2) is 30.3 Å². The number of ether oxygens (including phenoxy) is 2. The molecule has 4 aromatic carbocycles. The molecule has 0 aliphatic rings. The number of fused-ring (bicyclic) bond motifs is 2. The Morgan fingerprint density at radius 3 is 2.12 bits per heavy atom. The molecule has 1 aromatic heterocycles. The highest BCUT2D eigenvalue weighted by Crippen LogP contribution is 2.40. The van der Waals surface area contributed by atoms with E-state index in [1.54, 1.807) is 44.2 Å². The molecule has 1 heterocycles. The first-order valence-electron chi connectivity index (χ1n) is 12.7. The van der Waals surface area contributed by atoms with Crippen molar-refractivity contribution >= 4 is 41.1 Å². The minimum Gasteiger partial charge on any atom is -0.457 e. The fraction of sp³-hybridized carbons (Fsp3) is 0.156. The Kier molecular flexibility index (Phi) is 7.42. The molecule has 0 fully saturated rings. The van der Waals surface area contributed by atoms with Crippen LogP contribution < -0.4 is 9.26 Å². The van der Waals surface area contributed by atoms with Gasteiger partial charge >= 0.3 is 11.9 Å². The quantitative estimate of drug-likeness (QED) is 0.0892. The van der Waals surface area contributed by atoms with Crippen LogP contribution in [0.15, 0.2) is 84.9 Å². The fourth-order valence-corrected chi connectivity index (χ4v) is 5.20. The van der Waals surface area contributed by atoms with Crippen molar-refractivity contribution in [2.24, 2.45) is 0 Å². The molecule has 0 radical (unpaired) electrons. The number of aromatic nitrogens is 1. The number of nitrogens with zero attached hydrogens (tertiary/aromatic N) is 1. The normalized spacial score (nSPS) is 11.4. The monoisotopic (exact) mass is 553 g/mol. The van der Waals surface area contributed by atoms with E-state index in [1.165, 1.54) is 13.3 Å². The number of carbonyl (C=O) groups is 2. The molecular formula is C32H28NO6P. The van der Waals surface area contributed by atoms with Gasteiger partial charge in [0.25, 0.3) is 0 Å². The molecule has 5 aromatic rings. The van der Waals surface area contributed by atoms with E-state index in [0.717, 1.165) is 5.56 Å². The molecule has 8 heteroatoms. The van der Waals surface area contributed by atoms with Gasteiger partial charge in [-0.05, 0) is 66.9 Å². The van der Waals surface area contributed by atoms with Gasteiger partial charge in [0.1, 0.15) is 18.1 Å². The van der Waals surface area contributed by atoms with Crippen molar-refractivity contribution in [3.63, 3.8) is 0 Å². The lowest BCUT2D eigenvalue weighted by atomic mass is 10.0. The first-order chi connectivity index (χ1) is 19.1. The van der Waals surface area contributed by atoms with Crippen molar-refractivity contribution in [1.82, 2.24) is 4.98 Å². The average molecular weight is 554 g/mol. The van der Waals surface area contributed by atoms with Gasteiger partial charge in [0.15, 0.2) is 0 Å². The number of pyridine rings is 1. The summed E-state index contributed by atoms with van der Waals surface area (Å²) >= 11 is 0. The van der Waals surface area contributed by atoms with Gasteiger partial charge in [-0.2, -0.15) is 0 Å². The molecule has 0 amide bonds. The zero-order valence-corrected chi connectivity index (χ0v) is 23.5. The Bertz CT molecular complexity index is 1790. The Morgan fingerprint density at radius 2 is 1.43 bits per heavy atom. The summed E-state index contributed by atoms with van der Waals surface area (Å²) in [6.45, 7) is 6.76. The molecule has 0 N–H and O–H groups in total. The van der Waals surface area contributed by atoms with Gasteiger partial charge in [0.2, 0.25) is 7.37 Å². The van der Waals surface area contributed by atoms with Gasteiger partial charge in [0.05, 0.1) is 22.2 Å². The van der Waals surface area contributed by atoms with Crippen molar-refractivity contribution in [2.45, 2.75) is 20.5 Å². The van der Waals surface area contributed by atoms with Crippen molar-refractivity contribution in [3.8, 4) is 11.5 Å². The molecule has 0 spiro atoms. The Hall–Kier alpha value is -4.48. The van der Waals surface area contributed by atoms with Crippen molar-refractivity contribution in [1.29, 1.82) is 0 Å². The summed E-state index contributed by atoms with van der Waals surface area (Å²) in [5.74, 6) is -0.311. The predicted octanol–water partition coefficient (Wildman–Crippen LogP) is 7.50. The van der Waals surface area contributed by atoms with Crippen LogP contribution in [0, 0.1) is 13.8 Å². The van der Waals surface area contributed by atoms with Gasteiger partial charge in [-0.3, -0.25) is 4.57 Å². The van der Waals surface area contributed by atoms with E-state index < -0.39 is 19.3 Å². The van der Waals surface area contributed by atoms with Gasteiger partial charge in [-0.25, -0.2) is 14.6 Å². The summed E-state index contributed by atoms with van der Waals surface area (Å²) in [7, 11) is -2.83. The fourth-order valence-electron chi connectivity index (χ4n) is 4.58. The van der Waals surface area contributed by atoms with E-state index >= 15 is 0 Å². The standard InChI is InChI=1S/C32H28NO6P/c1-20-16-23(31(34)37-19-22-10-6-5-7-11-22)17-21(2)30(20)38-32(35)29-25-12-8-9-13-27(25)33-28-15-14-24(18-26(28)29)39-40(3,4)36/h5-18H,19H2,1-4H3. The third-order valence-electron chi connectivity index (χ3n) is 6.28. The Labute approximate surface area is 232 Å². The number of esters is 2. The van der Waals surface area contributed by atoms with E-state index in [4.69, 9.17) is 14.0 Å². The maximum atomic E-state index is 13.8. The van der Waals surface area contributed by atoms with Crippen LogP contribution in [0.5, 0.6) is 11.5 Å². The molecule has 0 saturated carbocycles. The lowest BCUT2D eigenvalue weighted by Gasteiger charge is -2.16. The van der Waals surface area contributed by atoms with Gasteiger partial charge in [-0.15, -0.1) is 0 Å². The molecule has 0 bridgehead atoms. The van der Waals surface area contributed by atoms with E-state index in [0.29, 0.717) is 55.6 Å². The second-order valence-corrected chi connectivity index (χ2v) is 12.6. The molecule has 0 atom stereocenters. The lowest BCUT2D eigenvalue weighted by molar-refractivity contribution is 0.0472. The molecule has 0 saturated heterocycles. The van der Waals surface area contributed by atoms with Crippen LogP contribution in [0.1, 0.15) is 37.4 Å². The Balaban J connectivity index is 1.48. The van der Waals surface area contributed by atoms with Gasteiger partial charge in [0, 0.05) is 24.1 Å². The zero-order chi connectivity index (χ0) is 28.4. The zero-order valence-electron chi connectivity index (χ0n) is 22.6. The van der Waals surface area contributed by atoms with Crippen molar-refractivity contribution in [3.05, 3.63) is 113 Å². The number of hydrogen-bond donors (Lipinski definition) is 0. The van der Waals surface area contributed by atoms with Crippen molar-refractivity contribution < 1.29 is 28.2 Å². The van der Waals surface area contributed by atoms with Crippen LogP contribution >= 0.6 is 7.37 Å². The van der Waals surface area contributed by atoms with E-state index in [1.807, 2.05) is 54.6 Å². The summed E-state index contributed by atoms with van der Waals surface area (Å²) < 4.78 is 29.4. The summed E-state index contributed by atoms with van der Waals surface area (Å²) in [6.07, 6.45) is 0. The SMILES string of the molecule is Cc1cc(C(=O)OCc2ccccc2)cc(C)c1OC(=O)c1c2ccccc2nc2ccc(OP(C)(C)=O)cc12. The predicted molar refractivity (Wildman–Crippen MR) is 156 cm³/mol. The first kappa shape index (κ1) is 27.1. The number of benzene rings is 4. The summed E-state index contributed by atoms with van der Waals surface area (Å²) in [5.41, 5.74) is 4.02. The van der Waals surface area contributed by atoms with E-state index in [9.17, 15) is 14.2 Å². The second-order valence-electron chi connectivity index (χ2n) is 9.92. The van der Waals surface area contributed by atoms with Crippen LogP contribution in [0.25, 0.3) is 21.8 Å². The molecule has 202 valence electrons. The number of hydrogen-bond acceptors (Lipinski definition) is 7. The van der Waals surface area contributed by atoms with Gasteiger partial charge < -0.3 is 14.0 Å². The highest BCUT2D eigenvalue weighted by atomic mass is 31.2. The number of para-hydroxylation sites is 1. The molecule has 40 heavy (non-hydrogen) atoms. The van der Waals surface area contributed by atoms with Crippen LogP contribution in [0.2, 0.25) is 0 Å². The third kappa shape index (κ3) is 5.90. The molecule has 0 aliphatic carbocycles. The molecule has 0 aliphatic heterocycles. The van der Waals surface area contributed by atoms with Crippen LogP contribution in [0.4, 0.5) is 0 Å². The topological polar surface area (TPSA) is 91.8 Å². The van der Waals surface area contributed by atoms with Crippen LogP contribution in [-0.2, 0) is 15.9 Å². The van der Waals surface area contributed by atoms with Crippen molar-refractivity contribution in [2.75, 3.05) is 13.3 Å². The van der Waals surface area contributed by atoms with E-state index in [2.05, 4.69) is 4.98 Å². The number of aryl methyl sites for hydroxylation is 2.